The molecule has 0 atom stereocenters. The Morgan fingerprint density at radius 2 is 2.20 bits per heavy atom. The quantitative estimate of drug-likeness (QED) is 0.875. The third-order valence-electron chi connectivity index (χ3n) is 2.02. The lowest BCUT2D eigenvalue weighted by Crippen LogP contribution is -2.00. The number of aromatic nitrogens is 2. The first-order chi connectivity index (χ1) is 7.08. The number of hydrogen-bond acceptors (Lipinski definition) is 2. The zero-order chi connectivity index (χ0) is 11.0. The lowest BCUT2D eigenvalue weighted by Gasteiger charge is -2.07. The number of aryl methyl sites for hydroxylation is 1. The fraction of sp³-hybridized carbons (Fsp3) is 0.100. The van der Waals surface area contributed by atoms with E-state index in [2.05, 4.69) is 20.9 Å². The molecule has 2 N–H and O–H groups in total. The monoisotopic (exact) mass is 285 g/mol. The Morgan fingerprint density at radius 3 is 2.80 bits per heavy atom. The number of benzene rings is 1. The molecule has 0 saturated carbocycles. The molecule has 0 aliphatic rings. The average Bonchev–Trinajstić information content (AvgIpc) is 2.50. The van der Waals surface area contributed by atoms with Gasteiger partial charge in [0.25, 0.3) is 0 Å². The Hall–Kier alpha value is -1.00. The Balaban J connectivity index is 2.62. The number of hydrogen-bond donors (Lipinski definition) is 1. The summed E-state index contributed by atoms with van der Waals surface area (Å²) >= 11 is 9.38. The summed E-state index contributed by atoms with van der Waals surface area (Å²) in [5.41, 5.74) is 7.54. The van der Waals surface area contributed by atoms with Crippen LogP contribution in [-0.4, -0.2) is 9.55 Å². The average molecular weight is 287 g/mol. The molecule has 15 heavy (non-hydrogen) atoms. The first-order valence-electron chi connectivity index (χ1n) is 4.35. The lowest BCUT2D eigenvalue weighted by molar-refractivity contribution is 1.07. The van der Waals surface area contributed by atoms with Gasteiger partial charge in [-0.25, -0.2) is 4.98 Å². The van der Waals surface area contributed by atoms with Gasteiger partial charge in [0.15, 0.2) is 0 Å². The molecule has 0 aliphatic heterocycles. The number of imidazole rings is 1. The molecule has 0 radical (unpaired) electrons. The smallest absolute Gasteiger partial charge is 0.205 e. The zero-order valence-corrected chi connectivity index (χ0v) is 10.4. The van der Waals surface area contributed by atoms with Crippen molar-refractivity contribution in [2.75, 3.05) is 5.73 Å². The Bertz CT molecular complexity index is 507. The maximum absolute atomic E-state index is 5.93. The number of halogens is 2. The van der Waals surface area contributed by atoms with Crippen LogP contribution < -0.4 is 5.73 Å². The SMILES string of the molecule is Cc1cn(-c2cc(Cl)ccc2Br)c(N)n1. The predicted octanol–water partition coefficient (Wildman–Crippen LogP) is 3.18. The summed E-state index contributed by atoms with van der Waals surface area (Å²) in [6.07, 6.45) is 1.87. The van der Waals surface area contributed by atoms with Crippen LogP contribution in [0.2, 0.25) is 5.02 Å². The highest BCUT2D eigenvalue weighted by Gasteiger charge is 2.07. The summed E-state index contributed by atoms with van der Waals surface area (Å²) in [6.45, 7) is 1.89. The minimum Gasteiger partial charge on any atom is -0.369 e. The number of nitrogen functional groups attached to an aromatic ring is 1. The van der Waals surface area contributed by atoms with Gasteiger partial charge >= 0.3 is 0 Å². The van der Waals surface area contributed by atoms with E-state index < -0.39 is 0 Å². The van der Waals surface area contributed by atoms with Crippen LogP contribution in [0.4, 0.5) is 5.95 Å². The van der Waals surface area contributed by atoms with Gasteiger partial charge < -0.3 is 5.73 Å². The van der Waals surface area contributed by atoms with E-state index in [1.54, 1.807) is 4.57 Å². The maximum Gasteiger partial charge on any atom is 0.205 e. The van der Waals surface area contributed by atoms with Crippen molar-refractivity contribution in [3.05, 3.63) is 39.6 Å². The number of nitrogens with two attached hydrogens (primary N) is 1. The maximum atomic E-state index is 5.93. The molecule has 0 saturated heterocycles. The Morgan fingerprint density at radius 1 is 1.47 bits per heavy atom. The van der Waals surface area contributed by atoms with Crippen molar-refractivity contribution in [1.82, 2.24) is 9.55 Å². The predicted molar refractivity (Wildman–Crippen MR) is 65.4 cm³/mol. The summed E-state index contributed by atoms with van der Waals surface area (Å²) in [4.78, 5) is 4.14. The van der Waals surface area contributed by atoms with Crippen molar-refractivity contribution in [2.45, 2.75) is 6.92 Å². The largest absolute Gasteiger partial charge is 0.369 e. The second-order valence-electron chi connectivity index (χ2n) is 3.21. The summed E-state index contributed by atoms with van der Waals surface area (Å²) in [5, 5.41) is 0.666. The third-order valence-corrected chi connectivity index (χ3v) is 2.93. The highest BCUT2D eigenvalue weighted by atomic mass is 79.9. The molecular formula is C10H9BrClN3. The first kappa shape index (κ1) is 10.5. The van der Waals surface area contributed by atoms with Gasteiger partial charge in [-0.2, -0.15) is 0 Å². The Labute approximate surface area is 101 Å². The van der Waals surface area contributed by atoms with E-state index in [1.807, 2.05) is 31.3 Å². The van der Waals surface area contributed by atoms with Crippen molar-refractivity contribution in [3.8, 4) is 5.69 Å². The molecule has 5 heteroatoms. The van der Waals surface area contributed by atoms with E-state index >= 15 is 0 Å². The molecule has 0 bridgehead atoms. The molecule has 0 fully saturated rings. The van der Waals surface area contributed by atoms with Crippen molar-refractivity contribution < 1.29 is 0 Å². The summed E-state index contributed by atoms with van der Waals surface area (Å²) in [7, 11) is 0. The van der Waals surface area contributed by atoms with Gasteiger partial charge in [-0.15, -0.1) is 0 Å². The van der Waals surface area contributed by atoms with Crippen molar-refractivity contribution in [3.63, 3.8) is 0 Å². The van der Waals surface area contributed by atoms with Gasteiger partial charge in [-0.3, -0.25) is 4.57 Å². The molecule has 2 rings (SSSR count). The van der Waals surface area contributed by atoms with Gasteiger partial charge in [0, 0.05) is 15.7 Å². The summed E-state index contributed by atoms with van der Waals surface area (Å²) < 4.78 is 2.72. The highest BCUT2D eigenvalue weighted by Crippen LogP contribution is 2.26. The molecule has 3 nitrogen and oxygen atoms in total. The number of nitrogens with zero attached hydrogens (tertiary/aromatic N) is 2. The normalized spacial score (nSPS) is 10.6. The van der Waals surface area contributed by atoms with E-state index in [-0.39, 0.29) is 0 Å². The molecule has 1 heterocycles. The van der Waals surface area contributed by atoms with E-state index in [4.69, 9.17) is 17.3 Å². The van der Waals surface area contributed by atoms with E-state index in [1.165, 1.54) is 0 Å². The molecule has 0 spiro atoms. The van der Waals surface area contributed by atoms with Crippen LogP contribution in [-0.2, 0) is 0 Å². The number of rotatable bonds is 1. The molecule has 0 unspecified atom stereocenters. The minimum atomic E-state index is 0.454. The fourth-order valence-corrected chi connectivity index (χ4v) is 1.98. The van der Waals surface area contributed by atoms with E-state index in [0.717, 1.165) is 15.9 Å². The molecule has 0 aliphatic carbocycles. The highest BCUT2D eigenvalue weighted by molar-refractivity contribution is 9.10. The molecular weight excluding hydrogens is 277 g/mol. The van der Waals surface area contributed by atoms with Crippen molar-refractivity contribution >= 4 is 33.5 Å². The van der Waals surface area contributed by atoms with Gasteiger partial charge in [0.2, 0.25) is 5.95 Å². The van der Waals surface area contributed by atoms with Gasteiger partial charge in [0.05, 0.1) is 11.4 Å². The fourth-order valence-electron chi connectivity index (χ4n) is 1.38. The van der Waals surface area contributed by atoms with Crippen molar-refractivity contribution in [1.29, 1.82) is 0 Å². The van der Waals surface area contributed by atoms with E-state index in [0.29, 0.717) is 11.0 Å². The zero-order valence-electron chi connectivity index (χ0n) is 8.04. The van der Waals surface area contributed by atoms with Gasteiger partial charge in [0.1, 0.15) is 0 Å². The Kier molecular flexibility index (Phi) is 2.71. The lowest BCUT2D eigenvalue weighted by atomic mass is 10.3. The van der Waals surface area contributed by atoms with Crippen LogP contribution in [0.1, 0.15) is 5.69 Å². The second kappa shape index (κ2) is 3.87. The van der Waals surface area contributed by atoms with Crippen LogP contribution >= 0.6 is 27.5 Å². The van der Waals surface area contributed by atoms with Crippen LogP contribution in [0.5, 0.6) is 0 Å². The van der Waals surface area contributed by atoms with Crippen LogP contribution in [0.15, 0.2) is 28.9 Å². The molecule has 1 aromatic carbocycles. The van der Waals surface area contributed by atoms with E-state index in [9.17, 15) is 0 Å². The second-order valence-corrected chi connectivity index (χ2v) is 4.50. The third kappa shape index (κ3) is 2.01. The molecule has 2 aromatic rings. The molecule has 0 amide bonds. The first-order valence-corrected chi connectivity index (χ1v) is 5.52. The van der Waals surface area contributed by atoms with Crippen LogP contribution in [0.25, 0.3) is 5.69 Å². The summed E-state index contributed by atoms with van der Waals surface area (Å²) in [6, 6.07) is 5.53. The van der Waals surface area contributed by atoms with Gasteiger partial charge in [-0.1, -0.05) is 11.6 Å². The summed E-state index contributed by atoms with van der Waals surface area (Å²) in [5.74, 6) is 0.454. The molecule has 1 aromatic heterocycles. The minimum absolute atomic E-state index is 0.454. The standard InChI is InChI=1S/C10H9BrClN3/c1-6-5-15(10(13)14-6)9-4-7(12)2-3-8(9)11/h2-5H,1H3,(H2,13,14). The molecule has 78 valence electrons. The topological polar surface area (TPSA) is 43.8 Å². The van der Waals surface area contributed by atoms with Crippen molar-refractivity contribution in [2.24, 2.45) is 0 Å². The van der Waals surface area contributed by atoms with Crippen LogP contribution in [0.3, 0.4) is 0 Å². The van der Waals surface area contributed by atoms with Gasteiger partial charge in [-0.05, 0) is 41.1 Å². The number of anilines is 1. The van der Waals surface area contributed by atoms with Crippen LogP contribution in [0, 0.1) is 6.92 Å².